The number of benzene rings is 2. The Hall–Kier alpha value is -3.76. The van der Waals surface area contributed by atoms with Crippen LogP contribution in [0.2, 0.25) is 0 Å². The molecule has 4 rings (SSSR count). The monoisotopic (exact) mass is 481 g/mol. The summed E-state index contributed by atoms with van der Waals surface area (Å²) in [7, 11) is 0. The van der Waals surface area contributed by atoms with Gasteiger partial charge < -0.3 is 9.88 Å². The number of alkyl halides is 6. The molecule has 1 aromatic heterocycles. The molecule has 1 amide bonds. The average molecular weight is 481 g/mol. The van der Waals surface area contributed by atoms with Gasteiger partial charge in [0.2, 0.25) is 5.56 Å². The van der Waals surface area contributed by atoms with Crippen molar-refractivity contribution in [1.82, 2.24) is 4.98 Å². The van der Waals surface area contributed by atoms with Crippen LogP contribution in [0.25, 0.3) is 0 Å². The van der Waals surface area contributed by atoms with Crippen molar-refractivity contribution in [3.8, 4) is 0 Å². The highest BCUT2D eigenvalue weighted by molar-refractivity contribution is 6.13. The van der Waals surface area contributed by atoms with Crippen molar-refractivity contribution < 1.29 is 31.1 Å². The maximum Gasteiger partial charge on any atom is 0.416 e. The second-order valence-corrected chi connectivity index (χ2v) is 7.79. The fourth-order valence-electron chi connectivity index (χ4n) is 3.94. The molecule has 5 nitrogen and oxygen atoms in total. The van der Waals surface area contributed by atoms with Crippen molar-refractivity contribution >= 4 is 23.0 Å². The van der Waals surface area contributed by atoms with E-state index in [-0.39, 0.29) is 40.6 Å². The SMILES string of the molecule is Cc1[nH]c(=O)ccc1N1CN(c2ccccc2CC(F)(F)F)c2ccc(C(F)(F)F)cc2C1=O. The molecule has 0 fully saturated rings. The summed E-state index contributed by atoms with van der Waals surface area (Å²) in [5, 5.41) is 0. The summed E-state index contributed by atoms with van der Waals surface area (Å²) < 4.78 is 79.8. The Morgan fingerprint density at radius 3 is 2.18 bits per heavy atom. The number of H-pyrrole nitrogens is 1. The maximum absolute atomic E-state index is 13.4. The minimum Gasteiger partial charge on any atom is -0.324 e. The Kier molecular flexibility index (Phi) is 5.66. The van der Waals surface area contributed by atoms with Crippen molar-refractivity contribution in [3.05, 3.63) is 87.3 Å². The van der Waals surface area contributed by atoms with E-state index in [2.05, 4.69) is 4.98 Å². The fourth-order valence-corrected chi connectivity index (χ4v) is 3.94. The summed E-state index contributed by atoms with van der Waals surface area (Å²) in [6.45, 7) is 1.23. The molecule has 1 N–H and O–H groups in total. The van der Waals surface area contributed by atoms with Crippen molar-refractivity contribution in [2.24, 2.45) is 0 Å². The number of nitrogens with one attached hydrogen (secondary N) is 1. The second kappa shape index (κ2) is 8.23. The van der Waals surface area contributed by atoms with Crippen LogP contribution in [0.4, 0.5) is 43.4 Å². The number of aromatic amines is 1. The lowest BCUT2D eigenvalue weighted by atomic mass is 10.0. The number of carbonyl (C=O) groups excluding carboxylic acids is 1. The van der Waals surface area contributed by atoms with Gasteiger partial charge in [0.25, 0.3) is 5.91 Å². The van der Waals surface area contributed by atoms with Crippen molar-refractivity contribution in [2.75, 3.05) is 16.5 Å². The summed E-state index contributed by atoms with van der Waals surface area (Å²) in [6.07, 6.45) is -10.5. The van der Waals surface area contributed by atoms with E-state index in [0.717, 1.165) is 23.1 Å². The number of aryl methyl sites for hydroxylation is 1. The number of rotatable bonds is 3. The third-order valence-electron chi connectivity index (χ3n) is 5.42. The minimum atomic E-state index is -4.73. The molecule has 3 aromatic rings. The number of anilines is 3. The van der Waals surface area contributed by atoms with Gasteiger partial charge in [-0.3, -0.25) is 14.5 Å². The first-order valence-electron chi connectivity index (χ1n) is 10.0. The van der Waals surface area contributed by atoms with Gasteiger partial charge >= 0.3 is 12.4 Å². The van der Waals surface area contributed by atoms with Crippen LogP contribution in [0.1, 0.15) is 27.2 Å². The summed E-state index contributed by atoms with van der Waals surface area (Å²) in [5.41, 5.74) is -1.31. The number of para-hydroxylation sites is 1. The number of halogens is 6. The molecule has 34 heavy (non-hydrogen) atoms. The molecule has 0 unspecified atom stereocenters. The largest absolute Gasteiger partial charge is 0.416 e. The summed E-state index contributed by atoms with van der Waals surface area (Å²) in [4.78, 5) is 29.9. The van der Waals surface area contributed by atoms with E-state index in [0.29, 0.717) is 6.07 Å². The Labute approximate surface area is 189 Å². The molecule has 2 heterocycles. The van der Waals surface area contributed by atoms with E-state index >= 15 is 0 Å². The second-order valence-electron chi connectivity index (χ2n) is 7.79. The fraction of sp³-hybridized carbons (Fsp3) is 0.217. The van der Waals surface area contributed by atoms with E-state index in [9.17, 15) is 35.9 Å². The average Bonchev–Trinajstić information content (AvgIpc) is 2.73. The number of nitrogens with zero attached hydrogens (tertiary/aromatic N) is 2. The van der Waals surface area contributed by atoms with Crippen LogP contribution >= 0.6 is 0 Å². The van der Waals surface area contributed by atoms with Crippen LogP contribution < -0.4 is 15.4 Å². The number of amides is 1. The highest BCUT2D eigenvalue weighted by Gasteiger charge is 2.38. The zero-order valence-corrected chi connectivity index (χ0v) is 17.6. The molecule has 11 heteroatoms. The van der Waals surface area contributed by atoms with Crippen LogP contribution in [-0.2, 0) is 12.6 Å². The number of pyridine rings is 1. The van der Waals surface area contributed by atoms with Crippen LogP contribution in [0.3, 0.4) is 0 Å². The first kappa shape index (κ1) is 23.4. The lowest BCUT2D eigenvalue weighted by Gasteiger charge is -2.39. The van der Waals surface area contributed by atoms with Crippen molar-refractivity contribution in [1.29, 1.82) is 0 Å². The number of aromatic nitrogens is 1. The van der Waals surface area contributed by atoms with Crippen molar-refractivity contribution in [2.45, 2.75) is 25.7 Å². The first-order valence-corrected chi connectivity index (χ1v) is 10.0. The van der Waals surface area contributed by atoms with Gasteiger partial charge in [-0.1, -0.05) is 18.2 Å². The predicted molar refractivity (Wildman–Crippen MR) is 113 cm³/mol. The molecule has 0 radical (unpaired) electrons. The molecule has 0 aliphatic carbocycles. The normalized spacial score (nSPS) is 14.4. The smallest absolute Gasteiger partial charge is 0.324 e. The van der Waals surface area contributed by atoms with E-state index in [1.54, 1.807) is 0 Å². The molecule has 0 saturated carbocycles. The first-order chi connectivity index (χ1) is 15.8. The van der Waals surface area contributed by atoms with E-state index in [4.69, 9.17) is 0 Å². The molecule has 0 spiro atoms. The molecule has 178 valence electrons. The summed E-state index contributed by atoms with van der Waals surface area (Å²) >= 11 is 0. The van der Waals surface area contributed by atoms with E-state index in [1.165, 1.54) is 42.2 Å². The summed E-state index contributed by atoms with van der Waals surface area (Å²) in [6, 6.07) is 10.7. The van der Waals surface area contributed by atoms with E-state index < -0.39 is 35.8 Å². The molecule has 0 atom stereocenters. The standard InChI is InChI=1S/C23H17F6N3O2/c1-13-17(8-9-20(33)30-13)32-12-31(18-5-3-2-4-14(18)11-22(24,25)26)19-7-6-15(23(27,28)29)10-16(19)21(32)34/h2-10H,11-12H2,1H3,(H,30,33). The van der Waals surface area contributed by atoms with Gasteiger partial charge in [-0.15, -0.1) is 0 Å². The Bertz CT molecular complexity index is 1310. The topological polar surface area (TPSA) is 56.4 Å². The van der Waals surface area contributed by atoms with Gasteiger partial charge in [-0.05, 0) is 42.8 Å². The van der Waals surface area contributed by atoms with Gasteiger partial charge in [-0.25, -0.2) is 0 Å². The lowest BCUT2D eigenvalue weighted by molar-refractivity contribution is -0.137. The maximum atomic E-state index is 13.4. The van der Waals surface area contributed by atoms with Crippen LogP contribution in [0.5, 0.6) is 0 Å². The molecule has 0 bridgehead atoms. The third-order valence-corrected chi connectivity index (χ3v) is 5.42. The van der Waals surface area contributed by atoms with Crippen LogP contribution in [0.15, 0.2) is 59.4 Å². The molecule has 1 aliphatic rings. The van der Waals surface area contributed by atoms with Gasteiger partial charge in [-0.2, -0.15) is 26.3 Å². The van der Waals surface area contributed by atoms with E-state index in [1.807, 2.05) is 0 Å². The summed E-state index contributed by atoms with van der Waals surface area (Å²) in [5.74, 6) is -0.777. The zero-order chi connectivity index (χ0) is 24.8. The van der Waals surface area contributed by atoms with Gasteiger partial charge in [0, 0.05) is 17.4 Å². The van der Waals surface area contributed by atoms with Crippen molar-refractivity contribution in [3.63, 3.8) is 0 Å². The minimum absolute atomic E-state index is 0.0472. The number of hydrogen-bond acceptors (Lipinski definition) is 3. The zero-order valence-electron chi connectivity index (χ0n) is 17.6. The number of carbonyl (C=O) groups is 1. The Balaban J connectivity index is 1.92. The van der Waals surface area contributed by atoms with Crippen LogP contribution in [0, 0.1) is 6.92 Å². The predicted octanol–water partition coefficient (Wildman–Crippen LogP) is 5.56. The van der Waals surface area contributed by atoms with Gasteiger partial charge in [0.05, 0.1) is 28.9 Å². The van der Waals surface area contributed by atoms with Crippen LogP contribution in [-0.4, -0.2) is 23.7 Å². The highest BCUT2D eigenvalue weighted by atomic mass is 19.4. The molecular weight excluding hydrogens is 464 g/mol. The molecule has 2 aromatic carbocycles. The molecule has 0 saturated heterocycles. The quantitative estimate of drug-likeness (QED) is 0.499. The third kappa shape index (κ3) is 4.50. The van der Waals surface area contributed by atoms with Gasteiger partial charge in [0.1, 0.15) is 6.67 Å². The van der Waals surface area contributed by atoms with Gasteiger partial charge in [0.15, 0.2) is 0 Å². The molecule has 1 aliphatic heterocycles. The molecular formula is C23H17F6N3O2. The Morgan fingerprint density at radius 1 is 0.853 bits per heavy atom. The number of hydrogen-bond donors (Lipinski definition) is 1. The Morgan fingerprint density at radius 2 is 1.53 bits per heavy atom. The number of fused-ring (bicyclic) bond motifs is 1. The highest BCUT2D eigenvalue weighted by Crippen LogP contribution is 2.41. The lowest BCUT2D eigenvalue weighted by Crippen LogP contribution is -2.46.